The number of imidazole rings is 1. The number of hydrogen-bond acceptors (Lipinski definition) is 8. The number of rotatable bonds is 8. The van der Waals surface area contributed by atoms with Crippen molar-refractivity contribution in [3.05, 3.63) is 80.5 Å². The van der Waals surface area contributed by atoms with Gasteiger partial charge in [-0.1, -0.05) is 30.3 Å². The zero-order valence-corrected chi connectivity index (χ0v) is 19.5. The van der Waals surface area contributed by atoms with Crippen molar-refractivity contribution in [2.45, 2.75) is 19.6 Å². The van der Waals surface area contributed by atoms with Crippen LogP contribution in [0, 0.1) is 6.92 Å². The van der Waals surface area contributed by atoms with E-state index in [0.717, 1.165) is 10.1 Å². The second-order valence-electron chi connectivity index (χ2n) is 8.08. The average Bonchev–Trinajstić information content (AvgIpc) is 3.20. The van der Waals surface area contributed by atoms with Crippen molar-refractivity contribution in [3.63, 3.8) is 0 Å². The molecule has 2 heterocycles. The molecule has 182 valence electrons. The molecular weight excluding hydrogens is 452 g/mol. The van der Waals surface area contributed by atoms with Crippen molar-refractivity contribution in [1.29, 1.82) is 0 Å². The SMILES string of the molecule is Cc1ccccc1OCC(O)Cn1c(NN=Cc2ccccc2O)nc2c1c(=O)n(C)c(=O)n2C. The smallest absolute Gasteiger partial charge is 0.332 e. The third-order valence-electron chi connectivity index (χ3n) is 5.57. The Hall–Kier alpha value is -4.38. The number of phenols is 1. The van der Waals surface area contributed by atoms with Crippen LogP contribution < -0.4 is 21.4 Å². The highest BCUT2D eigenvalue weighted by atomic mass is 16.5. The van der Waals surface area contributed by atoms with Gasteiger partial charge in [0.05, 0.1) is 12.8 Å². The summed E-state index contributed by atoms with van der Waals surface area (Å²) in [5.41, 5.74) is 3.34. The number of aryl methyl sites for hydroxylation is 2. The van der Waals surface area contributed by atoms with Crippen LogP contribution in [-0.4, -0.2) is 47.8 Å². The third-order valence-corrected chi connectivity index (χ3v) is 5.57. The lowest BCUT2D eigenvalue weighted by molar-refractivity contribution is 0.0935. The van der Waals surface area contributed by atoms with E-state index < -0.39 is 17.4 Å². The Bertz CT molecular complexity index is 1520. The molecule has 2 aromatic heterocycles. The number of nitrogens with one attached hydrogen (secondary N) is 1. The van der Waals surface area contributed by atoms with E-state index in [1.807, 2.05) is 25.1 Å². The van der Waals surface area contributed by atoms with Gasteiger partial charge in [-0.2, -0.15) is 10.1 Å². The molecule has 0 spiro atoms. The molecule has 0 fully saturated rings. The summed E-state index contributed by atoms with van der Waals surface area (Å²) in [6.45, 7) is 1.82. The van der Waals surface area contributed by atoms with Crippen molar-refractivity contribution in [2.75, 3.05) is 12.0 Å². The Morgan fingerprint density at radius 1 is 1.11 bits per heavy atom. The van der Waals surface area contributed by atoms with Gasteiger partial charge in [0.25, 0.3) is 5.56 Å². The Kier molecular flexibility index (Phi) is 6.69. The van der Waals surface area contributed by atoms with Crippen molar-refractivity contribution in [2.24, 2.45) is 19.2 Å². The van der Waals surface area contributed by atoms with Crippen molar-refractivity contribution >= 4 is 23.3 Å². The van der Waals surface area contributed by atoms with Crippen molar-refractivity contribution in [1.82, 2.24) is 18.7 Å². The summed E-state index contributed by atoms with van der Waals surface area (Å²) >= 11 is 0. The Morgan fingerprint density at radius 2 is 1.83 bits per heavy atom. The molecule has 1 unspecified atom stereocenters. The topological polar surface area (TPSA) is 136 Å². The number of benzene rings is 2. The monoisotopic (exact) mass is 478 g/mol. The number of nitrogens with zero attached hydrogens (tertiary/aromatic N) is 5. The quantitative estimate of drug-likeness (QED) is 0.257. The largest absolute Gasteiger partial charge is 0.507 e. The molecule has 0 saturated carbocycles. The van der Waals surface area contributed by atoms with Gasteiger partial charge in [-0.15, -0.1) is 0 Å². The van der Waals surface area contributed by atoms with E-state index >= 15 is 0 Å². The lowest BCUT2D eigenvalue weighted by atomic mass is 10.2. The lowest BCUT2D eigenvalue weighted by Crippen LogP contribution is -2.38. The molecule has 0 aliphatic carbocycles. The number of para-hydroxylation sites is 2. The summed E-state index contributed by atoms with van der Waals surface area (Å²) in [4.78, 5) is 29.7. The number of phenolic OH excluding ortho intramolecular Hbond substituents is 1. The third kappa shape index (κ3) is 4.80. The van der Waals surface area contributed by atoms with Gasteiger partial charge in [-0.05, 0) is 30.7 Å². The molecule has 3 N–H and O–H groups in total. The maximum Gasteiger partial charge on any atom is 0.332 e. The van der Waals surface area contributed by atoms with Crippen LogP contribution in [0.2, 0.25) is 0 Å². The predicted molar refractivity (Wildman–Crippen MR) is 132 cm³/mol. The first-order chi connectivity index (χ1) is 16.8. The van der Waals surface area contributed by atoms with E-state index in [9.17, 15) is 19.8 Å². The summed E-state index contributed by atoms with van der Waals surface area (Å²) in [5, 5.41) is 24.8. The average molecular weight is 479 g/mol. The minimum Gasteiger partial charge on any atom is -0.507 e. The van der Waals surface area contributed by atoms with Gasteiger partial charge < -0.3 is 19.5 Å². The zero-order chi connectivity index (χ0) is 25.1. The molecule has 35 heavy (non-hydrogen) atoms. The summed E-state index contributed by atoms with van der Waals surface area (Å²) < 4.78 is 9.44. The molecule has 4 rings (SSSR count). The van der Waals surface area contributed by atoms with Gasteiger partial charge in [0.15, 0.2) is 11.2 Å². The van der Waals surface area contributed by atoms with E-state index in [1.165, 1.54) is 35.5 Å². The Labute approximate surface area is 200 Å². The number of ether oxygens (including phenoxy) is 1. The molecule has 4 aromatic rings. The molecule has 0 saturated heterocycles. The van der Waals surface area contributed by atoms with E-state index in [-0.39, 0.29) is 36.0 Å². The summed E-state index contributed by atoms with van der Waals surface area (Å²) in [6, 6.07) is 14.1. The van der Waals surface area contributed by atoms with Gasteiger partial charge in [0, 0.05) is 19.7 Å². The first-order valence-corrected chi connectivity index (χ1v) is 10.9. The molecule has 1 atom stereocenters. The van der Waals surface area contributed by atoms with Gasteiger partial charge >= 0.3 is 5.69 Å². The lowest BCUT2D eigenvalue weighted by Gasteiger charge is -2.16. The number of hydrazone groups is 1. The maximum absolute atomic E-state index is 13.0. The van der Waals surface area contributed by atoms with Crippen LogP contribution in [0.25, 0.3) is 11.2 Å². The minimum atomic E-state index is -1.00. The highest BCUT2D eigenvalue weighted by molar-refractivity contribution is 5.83. The van der Waals surface area contributed by atoms with E-state index in [2.05, 4.69) is 15.5 Å². The number of hydrogen-bond donors (Lipinski definition) is 3. The summed E-state index contributed by atoms with van der Waals surface area (Å²) in [5.74, 6) is 0.831. The first-order valence-electron chi connectivity index (χ1n) is 10.9. The second kappa shape index (κ2) is 9.85. The highest BCUT2D eigenvalue weighted by Gasteiger charge is 2.21. The van der Waals surface area contributed by atoms with E-state index in [4.69, 9.17) is 4.74 Å². The predicted octanol–water partition coefficient (Wildman–Crippen LogP) is 1.33. The van der Waals surface area contributed by atoms with Crippen LogP contribution in [0.4, 0.5) is 5.95 Å². The molecule has 2 aromatic carbocycles. The number of anilines is 1. The molecule has 0 bridgehead atoms. The van der Waals surface area contributed by atoms with Crippen molar-refractivity contribution in [3.8, 4) is 11.5 Å². The fourth-order valence-corrected chi connectivity index (χ4v) is 3.63. The fraction of sp³-hybridized carbons (Fsp3) is 0.250. The molecule has 0 radical (unpaired) electrons. The van der Waals surface area contributed by atoms with Crippen LogP contribution in [0.1, 0.15) is 11.1 Å². The van der Waals surface area contributed by atoms with Gasteiger partial charge in [-0.25, -0.2) is 10.2 Å². The number of aromatic nitrogens is 4. The normalized spacial score (nSPS) is 12.3. The molecule has 0 aliphatic rings. The minimum absolute atomic E-state index is 0.0306. The second-order valence-corrected chi connectivity index (χ2v) is 8.08. The number of aliphatic hydroxyl groups excluding tert-OH is 1. The number of aliphatic hydroxyl groups is 1. The Morgan fingerprint density at radius 3 is 2.57 bits per heavy atom. The first kappa shape index (κ1) is 23.8. The van der Waals surface area contributed by atoms with Crippen LogP contribution in [0.5, 0.6) is 11.5 Å². The van der Waals surface area contributed by atoms with Crippen LogP contribution >= 0.6 is 0 Å². The number of fused-ring (bicyclic) bond motifs is 1. The molecule has 0 aliphatic heterocycles. The number of aromatic hydroxyl groups is 1. The van der Waals surface area contributed by atoms with E-state index in [0.29, 0.717) is 11.3 Å². The maximum atomic E-state index is 13.0. The van der Waals surface area contributed by atoms with Crippen LogP contribution in [-0.2, 0) is 20.6 Å². The zero-order valence-electron chi connectivity index (χ0n) is 19.5. The van der Waals surface area contributed by atoms with Crippen molar-refractivity contribution < 1.29 is 14.9 Å². The molecule has 11 nitrogen and oxygen atoms in total. The van der Waals surface area contributed by atoms with Crippen LogP contribution in [0.15, 0.2) is 63.2 Å². The fourth-order valence-electron chi connectivity index (χ4n) is 3.63. The summed E-state index contributed by atoms with van der Waals surface area (Å²) in [7, 11) is 2.89. The van der Waals surface area contributed by atoms with Gasteiger partial charge in [-0.3, -0.25) is 13.9 Å². The molecule has 0 amide bonds. The summed E-state index contributed by atoms with van der Waals surface area (Å²) in [6.07, 6.45) is 0.394. The molecule has 11 heteroatoms. The van der Waals surface area contributed by atoms with Crippen LogP contribution in [0.3, 0.4) is 0 Å². The van der Waals surface area contributed by atoms with Gasteiger partial charge in [0.2, 0.25) is 5.95 Å². The Balaban J connectivity index is 1.68. The standard InChI is InChI=1S/C24H26N6O5/c1-15-8-4-7-11-19(15)35-14-17(31)13-30-20-21(28(2)24(34)29(3)22(20)33)26-23(30)27-25-12-16-9-5-6-10-18(16)32/h4-12,17,31-32H,13-14H2,1-3H3,(H,26,27). The van der Waals surface area contributed by atoms with Gasteiger partial charge in [0.1, 0.15) is 24.2 Å². The highest BCUT2D eigenvalue weighted by Crippen LogP contribution is 2.19. The van der Waals surface area contributed by atoms with E-state index in [1.54, 1.807) is 24.3 Å². The molecular formula is C24H26N6O5.